The fourth-order valence-corrected chi connectivity index (χ4v) is 2.94. The maximum Gasteiger partial charge on any atom is 0.417 e. The molecule has 0 saturated carbocycles. The van der Waals surface area contributed by atoms with Gasteiger partial charge in [0.15, 0.2) is 0 Å². The maximum absolute atomic E-state index is 12.7. The number of benzene rings is 1. The van der Waals surface area contributed by atoms with Gasteiger partial charge < -0.3 is 10.1 Å². The number of rotatable bonds is 5. The molecule has 0 aliphatic heterocycles. The van der Waals surface area contributed by atoms with Gasteiger partial charge in [-0.15, -0.1) is 0 Å². The maximum atomic E-state index is 12.7. The summed E-state index contributed by atoms with van der Waals surface area (Å²) in [5.41, 5.74) is -1.81. The van der Waals surface area contributed by atoms with E-state index in [9.17, 15) is 31.1 Å². The Balaban J connectivity index is 1.65. The van der Waals surface area contributed by atoms with Crippen LogP contribution in [0.1, 0.15) is 16.8 Å². The minimum Gasteiger partial charge on any atom is -0.437 e. The normalized spacial score (nSPS) is 11.9. The Labute approximate surface area is 192 Å². The number of alkyl halides is 6. The van der Waals surface area contributed by atoms with Gasteiger partial charge in [-0.05, 0) is 30.3 Å². The second-order valence-corrected chi connectivity index (χ2v) is 7.32. The van der Waals surface area contributed by atoms with Crippen LogP contribution in [-0.4, -0.2) is 15.9 Å². The van der Waals surface area contributed by atoms with Crippen LogP contribution in [-0.2, 0) is 23.6 Å². The molecule has 1 amide bonds. The summed E-state index contributed by atoms with van der Waals surface area (Å²) >= 11 is 11.9. The van der Waals surface area contributed by atoms with Gasteiger partial charge in [-0.1, -0.05) is 23.2 Å². The van der Waals surface area contributed by atoms with Gasteiger partial charge in [0.1, 0.15) is 5.75 Å². The van der Waals surface area contributed by atoms with Crippen LogP contribution in [0.15, 0.2) is 48.8 Å². The van der Waals surface area contributed by atoms with Crippen LogP contribution in [0.25, 0.3) is 0 Å². The van der Waals surface area contributed by atoms with Crippen LogP contribution in [0.2, 0.25) is 10.0 Å². The van der Waals surface area contributed by atoms with Gasteiger partial charge in [-0.2, -0.15) is 26.3 Å². The molecule has 174 valence electrons. The number of carbonyl (C=O) groups is 1. The summed E-state index contributed by atoms with van der Waals surface area (Å²) < 4.78 is 81.1. The lowest BCUT2D eigenvalue weighted by Gasteiger charge is -2.11. The fraction of sp³-hybridized carbons (Fsp3) is 0.150. The quantitative estimate of drug-likeness (QED) is 0.384. The molecule has 33 heavy (non-hydrogen) atoms. The summed E-state index contributed by atoms with van der Waals surface area (Å²) in [6, 6.07) is 6.54. The van der Waals surface area contributed by atoms with Crippen molar-refractivity contribution in [2.45, 2.75) is 18.8 Å². The predicted molar refractivity (Wildman–Crippen MR) is 107 cm³/mol. The zero-order chi connectivity index (χ0) is 24.4. The SMILES string of the molecule is O=C(Cc1ncc(C(F)(F)F)cc1Cl)Nc1ccc(Oc2ccc(C(F)(F)F)cn2)c(Cl)c1. The number of anilines is 1. The van der Waals surface area contributed by atoms with E-state index in [0.29, 0.717) is 18.5 Å². The largest absolute Gasteiger partial charge is 0.437 e. The van der Waals surface area contributed by atoms with Gasteiger partial charge in [0.2, 0.25) is 11.8 Å². The molecule has 0 fully saturated rings. The third-order valence-corrected chi connectivity index (χ3v) is 4.69. The van der Waals surface area contributed by atoms with Gasteiger partial charge in [0, 0.05) is 24.1 Å². The van der Waals surface area contributed by atoms with Crippen LogP contribution in [0.3, 0.4) is 0 Å². The first-order valence-corrected chi connectivity index (χ1v) is 9.60. The molecular formula is C20H11Cl2F6N3O2. The third kappa shape index (κ3) is 6.48. The smallest absolute Gasteiger partial charge is 0.417 e. The van der Waals surface area contributed by atoms with Crippen molar-refractivity contribution < 1.29 is 35.9 Å². The number of nitrogens with zero attached hydrogens (tertiary/aromatic N) is 2. The third-order valence-electron chi connectivity index (χ3n) is 4.07. The molecule has 1 N–H and O–H groups in total. The molecule has 0 bridgehead atoms. The van der Waals surface area contributed by atoms with Crippen molar-refractivity contribution >= 4 is 34.8 Å². The van der Waals surface area contributed by atoms with Crippen molar-refractivity contribution in [3.8, 4) is 11.6 Å². The zero-order valence-electron chi connectivity index (χ0n) is 16.1. The molecule has 1 aromatic carbocycles. The zero-order valence-corrected chi connectivity index (χ0v) is 17.6. The first-order chi connectivity index (χ1) is 15.3. The number of nitrogens with one attached hydrogen (secondary N) is 1. The summed E-state index contributed by atoms with van der Waals surface area (Å²) in [6.07, 6.45) is -8.37. The minimum atomic E-state index is -4.62. The molecule has 13 heteroatoms. The summed E-state index contributed by atoms with van der Waals surface area (Å²) in [4.78, 5) is 19.4. The number of pyridine rings is 2. The van der Waals surface area contributed by atoms with Crippen LogP contribution in [0, 0.1) is 0 Å². The molecule has 0 radical (unpaired) electrons. The molecule has 0 aliphatic rings. The molecular weight excluding hydrogens is 499 g/mol. The average molecular weight is 510 g/mol. The second-order valence-electron chi connectivity index (χ2n) is 6.51. The number of hydrogen-bond donors (Lipinski definition) is 1. The highest BCUT2D eigenvalue weighted by Crippen LogP contribution is 2.34. The van der Waals surface area contributed by atoms with Crippen molar-refractivity contribution in [1.82, 2.24) is 9.97 Å². The van der Waals surface area contributed by atoms with Crippen LogP contribution < -0.4 is 10.1 Å². The summed E-state index contributed by atoms with van der Waals surface area (Å²) in [5.74, 6) is -0.697. The molecule has 3 aromatic rings. The van der Waals surface area contributed by atoms with Crippen molar-refractivity contribution in [1.29, 1.82) is 0 Å². The van der Waals surface area contributed by atoms with Crippen LogP contribution >= 0.6 is 23.2 Å². The number of hydrogen-bond acceptors (Lipinski definition) is 4. The van der Waals surface area contributed by atoms with E-state index in [-0.39, 0.29) is 33.1 Å². The topological polar surface area (TPSA) is 64.1 Å². The lowest BCUT2D eigenvalue weighted by Crippen LogP contribution is -2.16. The summed E-state index contributed by atoms with van der Waals surface area (Å²) in [5, 5.41) is 2.18. The van der Waals surface area contributed by atoms with Gasteiger partial charge in [-0.3, -0.25) is 9.78 Å². The molecule has 0 atom stereocenters. The lowest BCUT2D eigenvalue weighted by molar-refractivity contribution is -0.138. The number of halogens is 8. The van der Waals surface area contributed by atoms with E-state index >= 15 is 0 Å². The molecule has 5 nitrogen and oxygen atoms in total. The van der Waals surface area contributed by atoms with E-state index in [1.165, 1.54) is 18.2 Å². The van der Waals surface area contributed by atoms with Crippen molar-refractivity contribution in [3.63, 3.8) is 0 Å². The van der Waals surface area contributed by atoms with Crippen molar-refractivity contribution in [2.75, 3.05) is 5.32 Å². The molecule has 0 unspecified atom stereocenters. The van der Waals surface area contributed by atoms with Gasteiger partial charge >= 0.3 is 12.4 Å². The Kier molecular flexibility index (Phi) is 7.03. The summed E-state index contributed by atoms with van der Waals surface area (Å²) in [6.45, 7) is 0. The number of aromatic nitrogens is 2. The Morgan fingerprint density at radius 3 is 2.09 bits per heavy atom. The van der Waals surface area contributed by atoms with E-state index in [1.807, 2.05) is 0 Å². The fourth-order valence-electron chi connectivity index (χ4n) is 2.49. The first-order valence-electron chi connectivity index (χ1n) is 8.85. The molecule has 2 heterocycles. The van der Waals surface area contributed by atoms with Gasteiger partial charge in [-0.25, -0.2) is 4.98 Å². The van der Waals surface area contributed by atoms with Crippen LogP contribution in [0.5, 0.6) is 11.6 Å². The molecule has 0 spiro atoms. The van der Waals surface area contributed by atoms with Gasteiger partial charge in [0.05, 0.1) is 33.3 Å². The van der Waals surface area contributed by atoms with E-state index < -0.39 is 35.8 Å². The Morgan fingerprint density at radius 1 is 0.879 bits per heavy atom. The van der Waals surface area contributed by atoms with Gasteiger partial charge in [0.25, 0.3) is 0 Å². The van der Waals surface area contributed by atoms with E-state index in [0.717, 1.165) is 12.1 Å². The Bertz CT molecular complexity index is 1170. The lowest BCUT2D eigenvalue weighted by atomic mass is 10.2. The monoisotopic (exact) mass is 509 g/mol. The highest BCUT2D eigenvalue weighted by atomic mass is 35.5. The van der Waals surface area contributed by atoms with E-state index in [1.54, 1.807) is 0 Å². The molecule has 0 aliphatic carbocycles. The predicted octanol–water partition coefficient (Wildman–Crippen LogP) is 6.79. The Hall–Kier alpha value is -3.05. The standard InChI is InChI=1S/C20H11Cl2F6N3O2/c21-13-5-11(20(26,27)28)9-29-15(13)7-17(32)31-12-2-3-16(14(22)6-12)33-18-4-1-10(8-30-18)19(23,24)25/h1-6,8-9H,7H2,(H,31,32). The highest BCUT2D eigenvalue weighted by Gasteiger charge is 2.32. The molecule has 3 rings (SSSR count). The van der Waals surface area contributed by atoms with Crippen molar-refractivity contribution in [2.24, 2.45) is 0 Å². The number of amides is 1. The Morgan fingerprint density at radius 2 is 1.55 bits per heavy atom. The van der Waals surface area contributed by atoms with E-state index in [4.69, 9.17) is 27.9 Å². The molecule has 2 aromatic heterocycles. The van der Waals surface area contributed by atoms with Crippen molar-refractivity contribution in [3.05, 3.63) is 75.7 Å². The van der Waals surface area contributed by atoms with Crippen LogP contribution in [0.4, 0.5) is 32.0 Å². The minimum absolute atomic E-state index is 0.0141. The number of ether oxygens (including phenoxy) is 1. The average Bonchev–Trinajstić information content (AvgIpc) is 2.70. The highest BCUT2D eigenvalue weighted by molar-refractivity contribution is 6.32. The first kappa shape index (κ1) is 24.6. The summed E-state index contributed by atoms with van der Waals surface area (Å²) in [7, 11) is 0. The molecule has 0 saturated heterocycles. The second kappa shape index (κ2) is 9.44. The van der Waals surface area contributed by atoms with E-state index in [2.05, 4.69) is 15.3 Å². The number of carbonyl (C=O) groups excluding carboxylic acids is 1.